The summed E-state index contributed by atoms with van der Waals surface area (Å²) in [6.07, 6.45) is 15.2. The molecule has 0 saturated heterocycles. The van der Waals surface area contributed by atoms with Gasteiger partial charge >= 0.3 is 0 Å². The van der Waals surface area contributed by atoms with Gasteiger partial charge in [-0.15, -0.1) is 0 Å². The Balaban J connectivity index is 2.05. The molecule has 180 valence electrons. The molecule has 1 heterocycles. The highest BCUT2D eigenvalue weighted by Gasteiger charge is 2.19. The van der Waals surface area contributed by atoms with E-state index in [2.05, 4.69) is 70.1 Å². The number of carbonyl (C=O) groups excluding carboxylic acids is 1. The first kappa shape index (κ1) is 27.1. The largest absolute Gasteiger partial charge is 0.405 e. The lowest BCUT2D eigenvalue weighted by atomic mass is 9.99. The van der Waals surface area contributed by atoms with Gasteiger partial charge in [0.25, 0.3) is 0 Å². The SMILES string of the molecule is CC/C(C)=C/C=C(\C=C(C)C)C1PC=C(CC(=O)Nc2ccc(/C(N)=C/C=C\N)cc2)C=C1C. The summed E-state index contributed by atoms with van der Waals surface area (Å²) in [5.41, 5.74) is 20.3. The Bertz CT molecular complexity index is 1080. The molecule has 1 aliphatic rings. The first-order valence-electron chi connectivity index (χ1n) is 11.6. The lowest BCUT2D eigenvalue weighted by molar-refractivity contribution is -0.115. The van der Waals surface area contributed by atoms with E-state index in [9.17, 15) is 4.79 Å². The van der Waals surface area contributed by atoms with Crippen molar-refractivity contribution in [2.24, 2.45) is 11.5 Å². The monoisotopic (exact) mass is 475 g/mol. The Kier molecular flexibility index (Phi) is 10.8. The Morgan fingerprint density at radius 1 is 1.12 bits per heavy atom. The number of carbonyl (C=O) groups is 1. The molecule has 5 heteroatoms. The summed E-state index contributed by atoms with van der Waals surface area (Å²) in [7, 11) is 0.613. The number of benzene rings is 1. The fourth-order valence-electron chi connectivity index (χ4n) is 3.51. The zero-order valence-corrected chi connectivity index (χ0v) is 22.0. The number of hydrogen-bond acceptors (Lipinski definition) is 3. The molecule has 1 aromatic carbocycles. The predicted octanol–water partition coefficient (Wildman–Crippen LogP) is 6.93. The van der Waals surface area contributed by atoms with Crippen LogP contribution in [0.3, 0.4) is 0 Å². The van der Waals surface area contributed by atoms with Gasteiger partial charge in [0, 0.05) is 17.0 Å². The second kappa shape index (κ2) is 13.6. The van der Waals surface area contributed by atoms with Gasteiger partial charge in [-0.25, -0.2) is 0 Å². The zero-order valence-electron chi connectivity index (χ0n) is 21.0. The molecule has 5 N–H and O–H groups in total. The number of hydrogen-bond donors (Lipinski definition) is 3. The maximum absolute atomic E-state index is 12.7. The molecule has 0 aromatic heterocycles. The second-order valence-corrected chi connectivity index (χ2v) is 9.97. The molecule has 1 aliphatic heterocycles. The van der Waals surface area contributed by atoms with Gasteiger partial charge in [-0.05, 0) is 81.3 Å². The van der Waals surface area contributed by atoms with Crippen LogP contribution in [0.15, 0.2) is 101 Å². The predicted molar refractivity (Wildman–Crippen MR) is 151 cm³/mol. The molecule has 0 saturated carbocycles. The Morgan fingerprint density at radius 2 is 1.82 bits per heavy atom. The molecule has 0 fully saturated rings. The summed E-state index contributed by atoms with van der Waals surface area (Å²) < 4.78 is 0. The maximum Gasteiger partial charge on any atom is 0.228 e. The minimum Gasteiger partial charge on any atom is -0.405 e. The summed E-state index contributed by atoms with van der Waals surface area (Å²) in [5.74, 6) is 2.20. The van der Waals surface area contributed by atoms with Crippen molar-refractivity contribution in [1.82, 2.24) is 0 Å². The molecule has 34 heavy (non-hydrogen) atoms. The van der Waals surface area contributed by atoms with Gasteiger partial charge in [-0.3, -0.25) is 4.79 Å². The van der Waals surface area contributed by atoms with Gasteiger partial charge < -0.3 is 16.8 Å². The van der Waals surface area contributed by atoms with Crippen molar-refractivity contribution in [1.29, 1.82) is 0 Å². The molecule has 0 aliphatic carbocycles. The molecule has 1 aromatic rings. The average molecular weight is 476 g/mol. The van der Waals surface area contributed by atoms with Gasteiger partial charge in [0.1, 0.15) is 0 Å². The first-order valence-corrected chi connectivity index (χ1v) is 12.8. The summed E-state index contributed by atoms with van der Waals surface area (Å²) >= 11 is 0. The van der Waals surface area contributed by atoms with Crippen LogP contribution in [0.25, 0.3) is 5.70 Å². The van der Waals surface area contributed by atoms with E-state index < -0.39 is 0 Å². The Hall–Kier alpha value is -3.10. The molecule has 4 nitrogen and oxygen atoms in total. The van der Waals surface area contributed by atoms with E-state index in [1.165, 1.54) is 28.5 Å². The number of rotatable bonds is 9. The molecule has 0 spiro atoms. The number of amides is 1. The third kappa shape index (κ3) is 8.68. The van der Waals surface area contributed by atoms with Gasteiger partial charge in [-0.2, -0.15) is 0 Å². The van der Waals surface area contributed by atoms with Crippen LogP contribution in [0.2, 0.25) is 0 Å². The number of nitrogens with one attached hydrogen (secondary N) is 1. The van der Waals surface area contributed by atoms with Gasteiger partial charge in [0.15, 0.2) is 0 Å². The molecular weight excluding hydrogens is 437 g/mol. The van der Waals surface area contributed by atoms with Crippen LogP contribution in [0, 0.1) is 0 Å². The molecule has 0 bridgehead atoms. The molecule has 2 rings (SSSR count). The minimum atomic E-state index is -0.0255. The quantitative estimate of drug-likeness (QED) is 0.268. The number of allylic oxidation sites excluding steroid dienone is 10. The van der Waals surface area contributed by atoms with E-state index in [0.717, 1.165) is 23.2 Å². The van der Waals surface area contributed by atoms with Crippen molar-refractivity contribution in [3.8, 4) is 0 Å². The fraction of sp³-hybridized carbons (Fsp3) is 0.276. The molecule has 2 unspecified atom stereocenters. The van der Waals surface area contributed by atoms with Crippen molar-refractivity contribution < 1.29 is 4.79 Å². The molecular formula is C29H38N3OP. The summed E-state index contributed by atoms with van der Waals surface area (Å²) in [4.78, 5) is 12.7. The smallest absolute Gasteiger partial charge is 0.228 e. The fourth-order valence-corrected chi connectivity index (χ4v) is 4.79. The number of nitrogens with two attached hydrogens (primary N) is 2. The maximum atomic E-state index is 12.7. The van der Waals surface area contributed by atoms with E-state index in [1.54, 1.807) is 12.2 Å². The van der Waals surface area contributed by atoms with E-state index in [1.807, 2.05) is 24.3 Å². The Morgan fingerprint density at radius 3 is 2.41 bits per heavy atom. The van der Waals surface area contributed by atoms with E-state index in [4.69, 9.17) is 11.5 Å². The average Bonchev–Trinajstić information content (AvgIpc) is 2.80. The minimum absolute atomic E-state index is 0.0255. The zero-order chi connectivity index (χ0) is 25.1. The van der Waals surface area contributed by atoms with Crippen LogP contribution < -0.4 is 16.8 Å². The highest BCUT2D eigenvalue weighted by molar-refractivity contribution is 7.43. The van der Waals surface area contributed by atoms with Crippen LogP contribution in [0.4, 0.5) is 5.69 Å². The van der Waals surface area contributed by atoms with Gasteiger partial charge in [0.2, 0.25) is 5.91 Å². The van der Waals surface area contributed by atoms with Crippen molar-refractivity contribution in [3.63, 3.8) is 0 Å². The first-order chi connectivity index (χ1) is 16.2. The van der Waals surface area contributed by atoms with Crippen LogP contribution in [-0.4, -0.2) is 11.6 Å². The van der Waals surface area contributed by atoms with Gasteiger partial charge in [-0.1, -0.05) is 74.5 Å². The molecule has 2 atom stereocenters. The van der Waals surface area contributed by atoms with Crippen LogP contribution in [0.1, 0.15) is 53.0 Å². The van der Waals surface area contributed by atoms with Crippen LogP contribution in [0.5, 0.6) is 0 Å². The normalized spacial score (nSPS) is 18.0. The molecule has 0 radical (unpaired) electrons. The highest BCUT2D eigenvalue weighted by Crippen LogP contribution is 2.40. The van der Waals surface area contributed by atoms with Crippen LogP contribution in [-0.2, 0) is 4.79 Å². The van der Waals surface area contributed by atoms with E-state index in [-0.39, 0.29) is 5.91 Å². The van der Waals surface area contributed by atoms with E-state index in [0.29, 0.717) is 26.4 Å². The highest BCUT2D eigenvalue weighted by atomic mass is 31.1. The van der Waals surface area contributed by atoms with Gasteiger partial charge in [0.05, 0.1) is 6.42 Å². The Labute approximate surface area is 206 Å². The second-order valence-electron chi connectivity index (χ2n) is 8.77. The molecule has 1 amide bonds. The number of anilines is 1. The topological polar surface area (TPSA) is 81.1 Å². The standard InChI is InChI=1S/C29H38N3OP/c1-6-21(4)9-10-25(16-20(2)3)29-22(5)17-23(19-34-29)18-28(33)32-26-13-11-24(12-14-26)27(31)8-7-15-30/h7-17,19,29,34H,6,18,30-31H2,1-5H3,(H,32,33)/b15-7-,21-9+,25-10+,27-8-. The van der Waals surface area contributed by atoms with Crippen molar-refractivity contribution in [2.75, 3.05) is 5.32 Å². The van der Waals surface area contributed by atoms with Crippen molar-refractivity contribution in [3.05, 3.63) is 106 Å². The van der Waals surface area contributed by atoms with Crippen molar-refractivity contribution >= 4 is 25.9 Å². The third-order valence-corrected chi connectivity index (χ3v) is 7.12. The summed E-state index contributed by atoms with van der Waals surface area (Å²) in [5, 5.41) is 2.98. The summed E-state index contributed by atoms with van der Waals surface area (Å²) in [6.45, 7) is 10.8. The summed E-state index contributed by atoms with van der Waals surface area (Å²) in [6, 6.07) is 7.48. The lowest BCUT2D eigenvalue weighted by Gasteiger charge is -2.23. The van der Waals surface area contributed by atoms with Crippen molar-refractivity contribution in [2.45, 2.75) is 53.1 Å². The third-order valence-electron chi connectivity index (χ3n) is 5.46. The lowest BCUT2D eigenvalue weighted by Crippen LogP contribution is -2.14. The van der Waals surface area contributed by atoms with Crippen LogP contribution >= 0.6 is 8.58 Å². The van der Waals surface area contributed by atoms with E-state index >= 15 is 0 Å².